The summed E-state index contributed by atoms with van der Waals surface area (Å²) < 4.78 is 0. The molecule has 0 saturated heterocycles. The van der Waals surface area contributed by atoms with E-state index in [1.165, 1.54) is 12.1 Å². The van der Waals surface area contributed by atoms with Gasteiger partial charge in [-0.05, 0) is 41.3 Å². The van der Waals surface area contributed by atoms with Gasteiger partial charge in [0.2, 0.25) is 0 Å². The summed E-state index contributed by atoms with van der Waals surface area (Å²) in [7, 11) is 0. The molecule has 3 aromatic rings. The van der Waals surface area contributed by atoms with Gasteiger partial charge in [-0.2, -0.15) is 0 Å². The summed E-state index contributed by atoms with van der Waals surface area (Å²) in [4.78, 5) is 39.5. The first-order valence-electron chi connectivity index (χ1n) is 9.30. The van der Waals surface area contributed by atoms with Crippen LogP contribution in [-0.4, -0.2) is 28.9 Å². The summed E-state index contributed by atoms with van der Waals surface area (Å²) in [5.74, 6) is -1.88. The van der Waals surface area contributed by atoms with Gasteiger partial charge in [0.05, 0.1) is 27.7 Å². The number of carbonyl (C=O) groups excluding carboxylic acids is 2. The Balaban J connectivity index is 1.47. The molecule has 1 atom stereocenters. The van der Waals surface area contributed by atoms with Crippen molar-refractivity contribution in [2.45, 2.75) is 19.0 Å². The molecule has 0 bridgehead atoms. The Bertz CT molecular complexity index is 1160. The largest absolute Gasteiger partial charge is 0.480 e. The van der Waals surface area contributed by atoms with E-state index in [4.69, 9.17) is 23.2 Å². The number of carboxylic acid groups (broad SMARTS) is 1. The maximum Gasteiger partial charge on any atom is 0.326 e. The standard InChI is InChI=1S/C22H16Cl2N2O4S/c23-15-2-1-3-16(24)19(15)20(27)25-17(22(29)30)10-12-4-6-13(7-5-12)26-11-18-14(21(26)28)8-9-31-18/h1-9,17H,10-11H2,(H,25,27)(H,29,30)/t17-/m0/s1. The fraction of sp³-hybridized carbons (Fsp3) is 0.136. The van der Waals surface area contributed by atoms with Gasteiger partial charge in [0.15, 0.2) is 0 Å². The van der Waals surface area contributed by atoms with Crippen molar-refractivity contribution in [3.05, 3.63) is 85.5 Å². The molecule has 1 aliphatic rings. The van der Waals surface area contributed by atoms with Crippen LogP contribution in [0.1, 0.15) is 31.2 Å². The van der Waals surface area contributed by atoms with E-state index >= 15 is 0 Å². The second-order valence-corrected chi connectivity index (χ2v) is 8.80. The highest BCUT2D eigenvalue weighted by molar-refractivity contribution is 7.10. The fourth-order valence-electron chi connectivity index (χ4n) is 3.42. The van der Waals surface area contributed by atoms with Crippen molar-refractivity contribution in [3.63, 3.8) is 0 Å². The fourth-order valence-corrected chi connectivity index (χ4v) is 4.84. The molecular formula is C22H16Cl2N2O4S. The highest BCUT2D eigenvalue weighted by Gasteiger charge is 2.29. The highest BCUT2D eigenvalue weighted by atomic mass is 35.5. The molecule has 2 amide bonds. The summed E-state index contributed by atoms with van der Waals surface area (Å²) in [6.07, 6.45) is 0.0602. The van der Waals surface area contributed by atoms with Crippen molar-refractivity contribution in [1.82, 2.24) is 5.32 Å². The predicted molar refractivity (Wildman–Crippen MR) is 120 cm³/mol. The number of thiophene rings is 1. The number of fused-ring (bicyclic) bond motifs is 1. The van der Waals surface area contributed by atoms with Crippen molar-refractivity contribution in [2.24, 2.45) is 0 Å². The monoisotopic (exact) mass is 474 g/mol. The topological polar surface area (TPSA) is 86.7 Å². The molecule has 2 heterocycles. The highest BCUT2D eigenvalue weighted by Crippen LogP contribution is 2.31. The lowest BCUT2D eigenvalue weighted by Crippen LogP contribution is -2.42. The van der Waals surface area contributed by atoms with Crippen LogP contribution in [0.3, 0.4) is 0 Å². The Morgan fingerprint density at radius 1 is 1.10 bits per heavy atom. The van der Waals surface area contributed by atoms with E-state index in [0.717, 1.165) is 16.1 Å². The van der Waals surface area contributed by atoms with Crippen molar-refractivity contribution < 1.29 is 19.5 Å². The van der Waals surface area contributed by atoms with Gasteiger partial charge in [-0.1, -0.05) is 41.4 Å². The number of rotatable bonds is 6. The lowest BCUT2D eigenvalue weighted by molar-refractivity contribution is -0.139. The number of aliphatic carboxylic acids is 1. The predicted octanol–water partition coefficient (Wildman–Crippen LogP) is 4.64. The Morgan fingerprint density at radius 3 is 2.39 bits per heavy atom. The lowest BCUT2D eigenvalue weighted by Gasteiger charge is -2.18. The molecule has 2 aromatic carbocycles. The van der Waals surface area contributed by atoms with Crippen molar-refractivity contribution in [3.8, 4) is 0 Å². The van der Waals surface area contributed by atoms with Crippen LogP contribution in [0.25, 0.3) is 0 Å². The molecule has 31 heavy (non-hydrogen) atoms. The van der Waals surface area contributed by atoms with Crippen LogP contribution < -0.4 is 10.2 Å². The molecule has 158 valence electrons. The van der Waals surface area contributed by atoms with Gasteiger partial charge >= 0.3 is 5.97 Å². The quantitative estimate of drug-likeness (QED) is 0.544. The number of nitrogens with one attached hydrogen (secondary N) is 1. The Morgan fingerprint density at radius 2 is 1.77 bits per heavy atom. The van der Waals surface area contributed by atoms with Crippen LogP contribution in [0.4, 0.5) is 5.69 Å². The zero-order chi connectivity index (χ0) is 22.1. The molecule has 9 heteroatoms. The van der Waals surface area contributed by atoms with Gasteiger partial charge in [-0.3, -0.25) is 9.59 Å². The molecule has 2 N–H and O–H groups in total. The van der Waals surface area contributed by atoms with Gasteiger partial charge in [-0.25, -0.2) is 4.79 Å². The summed E-state index contributed by atoms with van der Waals surface area (Å²) in [5.41, 5.74) is 2.19. The van der Waals surface area contributed by atoms with Crippen LogP contribution in [-0.2, 0) is 17.8 Å². The number of halogens is 2. The van der Waals surface area contributed by atoms with Crippen molar-refractivity contribution in [2.75, 3.05) is 4.90 Å². The SMILES string of the molecule is O=C(N[C@@H](Cc1ccc(N2Cc3sccc3C2=O)cc1)C(=O)O)c1c(Cl)cccc1Cl. The summed E-state index contributed by atoms with van der Waals surface area (Å²) >= 11 is 13.6. The number of hydrogen-bond acceptors (Lipinski definition) is 4. The molecule has 0 radical (unpaired) electrons. The first kappa shape index (κ1) is 21.4. The summed E-state index contributed by atoms with van der Waals surface area (Å²) in [6, 6.07) is 12.3. The van der Waals surface area contributed by atoms with E-state index in [9.17, 15) is 19.5 Å². The minimum atomic E-state index is -1.18. The summed E-state index contributed by atoms with van der Waals surface area (Å²) in [5, 5.41) is 14.2. The van der Waals surface area contributed by atoms with Crippen molar-refractivity contribution >= 4 is 58.0 Å². The molecular weight excluding hydrogens is 459 g/mol. The van der Waals surface area contributed by atoms with Crippen LogP contribution in [0, 0.1) is 0 Å². The molecule has 0 spiro atoms. The van der Waals surface area contributed by atoms with Crippen LogP contribution in [0.15, 0.2) is 53.9 Å². The third-order valence-corrected chi connectivity index (χ3v) is 6.54. The van der Waals surface area contributed by atoms with E-state index in [1.54, 1.807) is 46.6 Å². The van der Waals surface area contributed by atoms with Gasteiger partial charge in [0, 0.05) is 17.0 Å². The first-order valence-corrected chi connectivity index (χ1v) is 10.9. The molecule has 1 aromatic heterocycles. The minimum absolute atomic E-state index is 0.0347. The van der Waals surface area contributed by atoms with E-state index < -0.39 is 17.9 Å². The van der Waals surface area contributed by atoms with Gasteiger partial charge in [0.1, 0.15) is 6.04 Å². The lowest BCUT2D eigenvalue weighted by atomic mass is 10.0. The molecule has 0 fully saturated rings. The number of nitrogens with zero attached hydrogens (tertiary/aromatic N) is 1. The number of hydrogen-bond donors (Lipinski definition) is 2. The number of benzene rings is 2. The third kappa shape index (κ3) is 4.30. The van der Waals surface area contributed by atoms with E-state index in [-0.39, 0.29) is 27.9 Å². The third-order valence-electron chi connectivity index (χ3n) is 5.00. The normalized spacial score (nSPS) is 13.7. The molecule has 1 aliphatic heterocycles. The minimum Gasteiger partial charge on any atom is -0.480 e. The van der Waals surface area contributed by atoms with E-state index in [2.05, 4.69) is 5.32 Å². The first-order chi connectivity index (χ1) is 14.8. The maximum absolute atomic E-state index is 12.6. The Kier molecular flexibility index (Phi) is 6.00. The average Bonchev–Trinajstić information content (AvgIpc) is 3.31. The average molecular weight is 475 g/mol. The van der Waals surface area contributed by atoms with Gasteiger partial charge < -0.3 is 15.3 Å². The smallest absolute Gasteiger partial charge is 0.326 e. The maximum atomic E-state index is 12.6. The van der Waals surface area contributed by atoms with Gasteiger partial charge in [0.25, 0.3) is 11.8 Å². The Hall–Kier alpha value is -2.87. The zero-order valence-electron chi connectivity index (χ0n) is 16.0. The molecule has 4 rings (SSSR count). The molecule has 6 nitrogen and oxygen atoms in total. The van der Waals surface area contributed by atoms with Crippen molar-refractivity contribution in [1.29, 1.82) is 0 Å². The van der Waals surface area contributed by atoms with Crippen LogP contribution in [0.2, 0.25) is 10.0 Å². The van der Waals surface area contributed by atoms with Crippen LogP contribution >= 0.6 is 34.5 Å². The second-order valence-electron chi connectivity index (χ2n) is 6.98. The zero-order valence-corrected chi connectivity index (χ0v) is 18.3. The van der Waals surface area contributed by atoms with E-state index in [1.807, 2.05) is 11.4 Å². The number of carbonyl (C=O) groups is 3. The number of anilines is 1. The molecule has 0 unspecified atom stereocenters. The van der Waals surface area contributed by atoms with Gasteiger partial charge in [-0.15, -0.1) is 11.3 Å². The number of carboxylic acids is 1. The number of amides is 2. The van der Waals surface area contributed by atoms with E-state index in [0.29, 0.717) is 12.1 Å². The van der Waals surface area contributed by atoms with Crippen LogP contribution in [0.5, 0.6) is 0 Å². The Labute approximate surface area is 192 Å². The molecule has 0 saturated carbocycles. The second kappa shape index (κ2) is 8.70. The molecule has 0 aliphatic carbocycles. The summed E-state index contributed by atoms with van der Waals surface area (Å²) in [6.45, 7) is 0.525.